The number of ether oxygens (including phenoxy) is 1. The number of anilines is 1. The second-order valence-electron chi connectivity index (χ2n) is 4.00. The van der Waals surface area contributed by atoms with Crippen LogP contribution in [0.25, 0.3) is 0 Å². The molecule has 1 aromatic carbocycles. The molecule has 1 aromatic rings. The molecule has 18 heavy (non-hydrogen) atoms. The van der Waals surface area contributed by atoms with Crippen LogP contribution in [0.4, 0.5) is 5.69 Å². The van der Waals surface area contributed by atoms with Gasteiger partial charge in [0.15, 0.2) is 0 Å². The number of hydrogen-bond donors (Lipinski definition) is 2. The predicted molar refractivity (Wildman–Crippen MR) is 73.7 cm³/mol. The highest BCUT2D eigenvalue weighted by Gasteiger charge is 2.08. The van der Waals surface area contributed by atoms with Crippen LogP contribution in [0.2, 0.25) is 0 Å². The van der Waals surface area contributed by atoms with Gasteiger partial charge in [-0.15, -0.1) is 6.58 Å². The maximum absolute atomic E-state index is 11.7. The van der Waals surface area contributed by atoms with Crippen molar-refractivity contribution < 1.29 is 9.53 Å². The molecule has 0 saturated carbocycles. The third-order valence-electron chi connectivity index (χ3n) is 2.16. The Balaban J connectivity index is 2.82. The fourth-order valence-corrected chi connectivity index (χ4v) is 1.27. The fraction of sp³-hybridized carbons (Fsp3) is 0.214. The molecule has 0 radical (unpaired) electrons. The van der Waals surface area contributed by atoms with Crippen LogP contribution in [-0.4, -0.2) is 19.1 Å². The summed E-state index contributed by atoms with van der Waals surface area (Å²) in [6.07, 6.45) is 1.62. The quantitative estimate of drug-likeness (QED) is 0.597. The Morgan fingerprint density at radius 3 is 2.89 bits per heavy atom. The van der Waals surface area contributed by atoms with E-state index >= 15 is 0 Å². The molecule has 1 rings (SSSR count). The van der Waals surface area contributed by atoms with Crippen molar-refractivity contribution in [3.05, 3.63) is 48.6 Å². The van der Waals surface area contributed by atoms with Gasteiger partial charge in [0.25, 0.3) is 5.91 Å². The Kier molecular flexibility index (Phi) is 4.99. The zero-order valence-electron chi connectivity index (χ0n) is 10.5. The minimum absolute atomic E-state index is 0.185. The molecule has 0 unspecified atom stereocenters. The number of hydrogen-bond acceptors (Lipinski definition) is 3. The van der Waals surface area contributed by atoms with E-state index in [0.29, 0.717) is 30.2 Å². The minimum atomic E-state index is -0.185. The van der Waals surface area contributed by atoms with Crippen LogP contribution in [0.1, 0.15) is 17.3 Å². The molecule has 4 heteroatoms. The average molecular weight is 246 g/mol. The van der Waals surface area contributed by atoms with E-state index in [1.807, 2.05) is 6.92 Å². The summed E-state index contributed by atoms with van der Waals surface area (Å²) in [7, 11) is 0. The molecule has 4 nitrogen and oxygen atoms in total. The van der Waals surface area contributed by atoms with Crippen LogP contribution in [0.3, 0.4) is 0 Å². The monoisotopic (exact) mass is 246 g/mol. The Bertz CT molecular complexity index is 467. The van der Waals surface area contributed by atoms with Gasteiger partial charge >= 0.3 is 0 Å². The Hall–Kier alpha value is -2.23. The lowest BCUT2D eigenvalue weighted by atomic mass is 10.1. The Labute approximate surface area is 107 Å². The lowest BCUT2D eigenvalue weighted by Gasteiger charge is -2.10. The summed E-state index contributed by atoms with van der Waals surface area (Å²) in [6.45, 7) is 9.94. The first-order valence-electron chi connectivity index (χ1n) is 5.60. The summed E-state index contributed by atoms with van der Waals surface area (Å²) < 4.78 is 5.47. The van der Waals surface area contributed by atoms with Crippen molar-refractivity contribution in [3.63, 3.8) is 0 Å². The van der Waals surface area contributed by atoms with Crippen molar-refractivity contribution in [3.8, 4) is 5.75 Å². The molecule has 3 N–H and O–H groups in total. The molecule has 0 fully saturated rings. The molecule has 0 spiro atoms. The van der Waals surface area contributed by atoms with Crippen LogP contribution in [0.5, 0.6) is 5.75 Å². The topological polar surface area (TPSA) is 64.4 Å². The molecule has 0 aliphatic heterocycles. The molecule has 96 valence electrons. The van der Waals surface area contributed by atoms with E-state index in [2.05, 4.69) is 18.5 Å². The molecule has 0 saturated heterocycles. The highest BCUT2D eigenvalue weighted by atomic mass is 16.5. The van der Waals surface area contributed by atoms with Gasteiger partial charge in [0, 0.05) is 12.1 Å². The number of benzene rings is 1. The molecule has 0 heterocycles. The predicted octanol–water partition coefficient (Wildman–Crippen LogP) is 2.14. The maximum Gasteiger partial charge on any atom is 0.251 e. The first-order valence-corrected chi connectivity index (χ1v) is 5.60. The van der Waals surface area contributed by atoms with Crippen molar-refractivity contribution >= 4 is 11.6 Å². The van der Waals surface area contributed by atoms with E-state index in [0.717, 1.165) is 5.57 Å². The first kappa shape index (κ1) is 13.8. The second-order valence-corrected chi connectivity index (χ2v) is 4.00. The van der Waals surface area contributed by atoms with Gasteiger partial charge in [0.1, 0.15) is 12.4 Å². The van der Waals surface area contributed by atoms with Crippen LogP contribution in [-0.2, 0) is 0 Å². The normalized spacial score (nSPS) is 9.61. The summed E-state index contributed by atoms with van der Waals surface area (Å²) in [5, 5.41) is 2.69. The molecule has 1 amide bonds. The molecular weight excluding hydrogens is 228 g/mol. The number of nitrogens with two attached hydrogens (primary N) is 1. The largest absolute Gasteiger partial charge is 0.487 e. The minimum Gasteiger partial charge on any atom is -0.487 e. The molecule has 0 aliphatic rings. The SMILES string of the molecule is C=CCNC(=O)c1ccc(N)c(OCC(=C)C)c1. The zero-order chi connectivity index (χ0) is 13.5. The third kappa shape index (κ3) is 3.97. The number of nitrogen functional groups attached to an aromatic ring is 1. The molecule has 0 bridgehead atoms. The van der Waals surface area contributed by atoms with Crippen molar-refractivity contribution in [1.29, 1.82) is 0 Å². The smallest absolute Gasteiger partial charge is 0.251 e. The van der Waals surface area contributed by atoms with Gasteiger partial charge in [-0.2, -0.15) is 0 Å². The average Bonchev–Trinajstić information content (AvgIpc) is 2.34. The molecule has 0 atom stereocenters. The lowest BCUT2D eigenvalue weighted by molar-refractivity contribution is 0.0957. The number of amides is 1. The van der Waals surface area contributed by atoms with E-state index in [1.165, 1.54) is 0 Å². The summed E-state index contributed by atoms with van der Waals surface area (Å²) >= 11 is 0. The van der Waals surface area contributed by atoms with Gasteiger partial charge in [0.05, 0.1) is 5.69 Å². The Morgan fingerprint density at radius 2 is 2.28 bits per heavy atom. The van der Waals surface area contributed by atoms with Gasteiger partial charge in [-0.05, 0) is 30.7 Å². The molecule has 0 aliphatic carbocycles. The fourth-order valence-electron chi connectivity index (χ4n) is 1.27. The summed E-state index contributed by atoms with van der Waals surface area (Å²) in [5.41, 5.74) is 7.66. The van der Waals surface area contributed by atoms with Crippen LogP contribution >= 0.6 is 0 Å². The van der Waals surface area contributed by atoms with Gasteiger partial charge in [-0.1, -0.05) is 12.7 Å². The standard InChI is InChI=1S/C14H18N2O2/c1-4-7-16-14(17)11-5-6-12(15)13(8-11)18-9-10(2)3/h4-6,8H,1-2,7,9,15H2,3H3,(H,16,17). The van der Waals surface area contributed by atoms with E-state index in [1.54, 1.807) is 24.3 Å². The highest BCUT2D eigenvalue weighted by Crippen LogP contribution is 2.23. The Morgan fingerprint density at radius 1 is 1.56 bits per heavy atom. The van der Waals surface area contributed by atoms with Crippen molar-refractivity contribution in [2.45, 2.75) is 6.92 Å². The lowest BCUT2D eigenvalue weighted by Crippen LogP contribution is -2.23. The van der Waals surface area contributed by atoms with E-state index < -0.39 is 0 Å². The number of carbonyl (C=O) groups is 1. The van der Waals surface area contributed by atoms with Gasteiger partial charge < -0.3 is 15.8 Å². The number of nitrogens with one attached hydrogen (secondary N) is 1. The van der Waals surface area contributed by atoms with Gasteiger partial charge in [-0.25, -0.2) is 0 Å². The van der Waals surface area contributed by atoms with Crippen molar-refractivity contribution in [2.24, 2.45) is 0 Å². The van der Waals surface area contributed by atoms with E-state index in [9.17, 15) is 4.79 Å². The van der Waals surface area contributed by atoms with Crippen LogP contribution in [0, 0.1) is 0 Å². The van der Waals surface area contributed by atoms with E-state index in [4.69, 9.17) is 10.5 Å². The molecular formula is C14H18N2O2. The highest BCUT2D eigenvalue weighted by molar-refractivity contribution is 5.95. The van der Waals surface area contributed by atoms with Gasteiger partial charge in [-0.3, -0.25) is 4.79 Å². The van der Waals surface area contributed by atoms with Crippen molar-refractivity contribution in [2.75, 3.05) is 18.9 Å². The summed E-state index contributed by atoms with van der Waals surface area (Å²) in [4.78, 5) is 11.7. The summed E-state index contributed by atoms with van der Waals surface area (Å²) in [6, 6.07) is 4.93. The van der Waals surface area contributed by atoms with Crippen LogP contribution in [0.15, 0.2) is 43.0 Å². The maximum atomic E-state index is 11.7. The summed E-state index contributed by atoms with van der Waals surface area (Å²) in [5.74, 6) is 0.305. The number of rotatable bonds is 6. The number of carbonyl (C=O) groups excluding carboxylic acids is 1. The zero-order valence-corrected chi connectivity index (χ0v) is 10.5. The van der Waals surface area contributed by atoms with Crippen LogP contribution < -0.4 is 15.8 Å². The second kappa shape index (κ2) is 6.49. The third-order valence-corrected chi connectivity index (χ3v) is 2.16. The van der Waals surface area contributed by atoms with Crippen molar-refractivity contribution in [1.82, 2.24) is 5.32 Å². The van der Waals surface area contributed by atoms with E-state index in [-0.39, 0.29) is 5.91 Å². The van der Waals surface area contributed by atoms with Gasteiger partial charge in [0.2, 0.25) is 0 Å². The molecule has 0 aromatic heterocycles. The first-order chi connectivity index (χ1) is 8.54.